The summed E-state index contributed by atoms with van der Waals surface area (Å²) < 4.78 is 25.9. The van der Waals surface area contributed by atoms with E-state index in [1.54, 1.807) is 6.92 Å². The quantitative estimate of drug-likeness (QED) is 0.882. The number of nitrogens with zero attached hydrogens (tertiary/aromatic N) is 1. The van der Waals surface area contributed by atoms with Gasteiger partial charge >= 0.3 is 12.0 Å². The van der Waals surface area contributed by atoms with Crippen LogP contribution in [0.15, 0.2) is 18.2 Å². The predicted octanol–water partition coefficient (Wildman–Crippen LogP) is 2.68. The van der Waals surface area contributed by atoms with Crippen LogP contribution in [-0.2, 0) is 4.79 Å². The summed E-state index contributed by atoms with van der Waals surface area (Å²) in [6.07, 6.45) is 1.43. The van der Waals surface area contributed by atoms with E-state index in [1.165, 1.54) is 11.0 Å². The normalized spacial score (nSPS) is 22.0. The number of likely N-dealkylation sites (tertiary alicyclic amines) is 1. The maximum absolute atomic E-state index is 13.1. The zero-order valence-corrected chi connectivity index (χ0v) is 11.5. The highest BCUT2D eigenvalue weighted by molar-refractivity contribution is 5.92. The minimum atomic E-state index is -1.07. The number of halogens is 2. The fourth-order valence-corrected chi connectivity index (χ4v) is 2.56. The van der Waals surface area contributed by atoms with E-state index in [9.17, 15) is 23.5 Å². The molecule has 1 aliphatic heterocycles. The van der Waals surface area contributed by atoms with Gasteiger partial charge in [0.25, 0.3) is 0 Å². The van der Waals surface area contributed by atoms with Crippen LogP contribution in [0.3, 0.4) is 0 Å². The third-order valence-corrected chi connectivity index (χ3v) is 3.62. The van der Waals surface area contributed by atoms with E-state index in [0.29, 0.717) is 13.0 Å². The van der Waals surface area contributed by atoms with Gasteiger partial charge in [0.1, 0.15) is 6.04 Å². The fourth-order valence-electron chi connectivity index (χ4n) is 2.56. The number of carbonyl (C=O) groups excluding carboxylic acids is 1. The van der Waals surface area contributed by atoms with Crippen molar-refractivity contribution in [2.24, 2.45) is 5.92 Å². The summed E-state index contributed by atoms with van der Waals surface area (Å²) in [5, 5.41) is 11.6. The molecular formula is C14H16F2N2O3. The highest BCUT2D eigenvalue weighted by Crippen LogP contribution is 2.24. The molecule has 0 saturated carbocycles. The molecule has 21 heavy (non-hydrogen) atoms. The van der Waals surface area contributed by atoms with E-state index in [-0.39, 0.29) is 11.6 Å². The minimum Gasteiger partial charge on any atom is -0.480 e. The molecule has 0 aromatic heterocycles. The van der Waals surface area contributed by atoms with Crippen LogP contribution in [0.5, 0.6) is 0 Å². The molecule has 2 rings (SSSR count). The molecule has 5 nitrogen and oxygen atoms in total. The van der Waals surface area contributed by atoms with E-state index >= 15 is 0 Å². The van der Waals surface area contributed by atoms with Crippen LogP contribution in [0.1, 0.15) is 19.8 Å². The fraction of sp³-hybridized carbons (Fsp3) is 0.429. The molecule has 0 aliphatic carbocycles. The number of urea groups is 1. The molecule has 2 unspecified atom stereocenters. The molecule has 0 spiro atoms. The number of carbonyl (C=O) groups is 2. The van der Waals surface area contributed by atoms with Crippen LogP contribution in [-0.4, -0.2) is 34.6 Å². The van der Waals surface area contributed by atoms with Gasteiger partial charge in [-0.3, -0.25) is 0 Å². The van der Waals surface area contributed by atoms with E-state index < -0.39 is 29.7 Å². The number of nitrogens with one attached hydrogen (secondary N) is 1. The zero-order valence-electron chi connectivity index (χ0n) is 11.5. The van der Waals surface area contributed by atoms with Crippen molar-refractivity contribution in [2.75, 3.05) is 11.9 Å². The molecule has 114 valence electrons. The highest BCUT2D eigenvalue weighted by Gasteiger charge is 2.37. The lowest BCUT2D eigenvalue weighted by Gasteiger charge is -2.37. The predicted molar refractivity (Wildman–Crippen MR) is 71.9 cm³/mol. The number of aliphatic carboxylic acids is 1. The number of amides is 2. The Labute approximate surface area is 120 Å². The van der Waals surface area contributed by atoms with Crippen molar-refractivity contribution >= 4 is 17.7 Å². The van der Waals surface area contributed by atoms with Gasteiger partial charge in [-0.25, -0.2) is 18.4 Å². The van der Waals surface area contributed by atoms with Gasteiger partial charge in [-0.2, -0.15) is 0 Å². The smallest absolute Gasteiger partial charge is 0.326 e. The first-order chi connectivity index (χ1) is 9.90. The third-order valence-electron chi connectivity index (χ3n) is 3.62. The van der Waals surface area contributed by atoms with Crippen molar-refractivity contribution in [1.29, 1.82) is 0 Å². The number of hydrogen-bond donors (Lipinski definition) is 2. The van der Waals surface area contributed by atoms with Gasteiger partial charge in [0.15, 0.2) is 11.6 Å². The SMILES string of the molecule is CC1CCCN(C(=O)Nc2ccc(F)c(F)c2)C1C(=O)O. The Morgan fingerprint density at radius 1 is 1.33 bits per heavy atom. The Kier molecular flexibility index (Phi) is 4.40. The summed E-state index contributed by atoms with van der Waals surface area (Å²) in [5.41, 5.74) is 0.0845. The number of anilines is 1. The van der Waals surface area contributed by atoms with Crippen LogP contribution in [0.25, 0.3) is 0 Å². The van der Waals surface area contributed by atoms with Crippen molar-refractivity contribution in [2.45, 2.75) is 25.8 Å². The Morgan fingerprint density at radius 3 is 2.67 bits per heavy atom. The number of carboxylic acids is 1. The summed E-state index contributed by atoms with van der Waals surface area (Å²) >= 11 is 0. The van der Waals surface area contributed by atoms with Crippen LogP contribution in [0, 0.1) is 17.6 Å². The topological polar surface area (TPSA) is 69.6 Å². The molecule has 1 aliphatic rings. The number of piperidine rings is 1. The number of hydrogen-bond acceptors (Lipinski definition) is 2. The van der Waals surface area contributed by atoms with Gasteiger partial charge in [-0.15, -0.1) is 0 Å². The molecule has 1 aromatic carbocycles. The lowest BCUT2D eigenvalue weighted by Crippen LogP contribution is -2.53. The van der Waals surface area contributed by atoms with Crippen molar-refractivity contribution in [3.63, 3.8) is 0 Å². The first-order valence-electron chi connectivity index (χ1n) is 6.65. The van der Waals surface area contributed by atoms with E-state index in [1.807, 2.05) is 0 Å². The van der Waals surface area contributed by atoms with Gasteiger partial charge in [0, 0.05) is 18.3 Å². The number of rotatable bonds is 2. The van der Waals surface area contributed by atoms with Gasteiger partial charge < -0.3 is 15.3 Å². The standard InChI is InChI=1S/C14H16F2N2O3/c1-8-3-2-6-18(12(8)13(19)20)14(21)17-9-4-5-10(15)11(16)7-9/h4-5,7-8,12H,2-3,6H2,1H3,(H,17,21)(H,19,20). The second-order valence-corrected chi connectivity index (χ2v) is 5.16. The Balaban J connectivity index is 2.14. The lowest BCUT2D eigenvalue weighted by molar-refractivity contribution is -0.145. The van der Waals surface area contributed by atoms with Crippen molar-refractivity contribution < 1.29 is 23.5 Å². The second kappa shape index (κ2) is 6.07. The van der Waals surface area contributed by atoms with E-state index in [2.05, 4.69) is 5.32 Å². The molecular weight excluding hydrogens is 282 g/mol. The van der Waals surface area contributed by atoms with Crippen LogP contribution in [0.2, 0.25) is 0 Å². The molecule has 0 bridgehead atoms. The summed E-state index contributed by atoms with van der Waals surface area (Å²) in [6, 6.07) is 1.44. The lowest BCUT2D eigenvalue weighted by atomic mass is 9.91. The average Bonchev–Trinajstić information content (AvgIpc) is 2.42. The third kappa shape index (κ3) is 3.29. The van der Waals surface area contributed by atoms with Gasteiger partial charge in [0.05, 0.1) is 0 Å². The van der Waals surface area contributed by atoms with Crippen molar-refractivity contribution in [1.82, 2.24) is 4.90 Å². The maximum Gasteiger partial charge on any atom is 0.326 e. The molecule has 7 heteroatoms. The molecule has 1 saturated heterocycles. The van der Waals surface area contributed by atoms with Crippen LogP contribution < -0.4 is 5.32 Å². The molecule has 1 fully saturated rings. The molecule has 2 N–H and O–H groups in total. The second-order valence-electron chi connectivity index (χ2n) is 5.16. The van der Waals surface area contributed by atoms with Gasteiger partial charge in [-0.05, 0) is 30.9 Å². The molecule has 1 heterocycles. The summed E-state index contributed by atoms with van der Waals surface area (Å²) in [5.74, 6) is -3.31. The first-order valence-corrected chi connectivity index (χ1v) is 6.65. The molecule has 0 radical (unpaired) electrons. The Hall–Kier alpha value is -2.18. The summed E-state index contributed by atoms with van der Waals surface area (Å²) in [6.45, 7) is 2.09. The molecule has 2 atom stereocenters. The molecule has 2 amide bonds. The zero-order chi connectivity index (χ0) is 15.6. The van der Waals surface area contributed by atoms with Crippen molar-refractivity contribution in [3.8, 4) is 0 Å². The van der Waals surface area contributed by atoms with E-state index in [0.717, 1.165) is 18.6 Å². The number of benzene rings is 1. The summed E-state index contributed by atoms with van der Waals surface area (Å²) in [7, 11) is 0. The van der Waals surface area contributed by atoms with Gasteiger partial charge in [0.2, 0.25) is 0 Å². The van der Waals surface area contributed by atoms with Crippen LogP contribution in [0.4, 0.5) is 19.3 Å². The molecule has 1 aromatic rings. The Bertz CT molecular complexity index is 565. The largest absolute Gasteiger partial charge is 0.480 e. The maximum atomic E-state index is 13.1. The number of carboxylic acid groups (broad SMARTS) is 1. The average molecular weight is 298 g/mol. The van der Waals surface area contributed by atoms with Crippen LogP contribution >= 0.6 is 0 Å². The van der Waals surface area contributed by atoms with Crippen molar-refractivity contribution in [3.05, 3.63) is 29.8 Å². The Morgan fingerprint density at radius 2 is 2.05 bits per heavy atom. The van der Waals surface area contributed by atoms with Gasteiger partial charge in [-0.1, -0.05) is 6.92 Å². The van der Waals surface area contributed by atoms with E-state index in [4.69, 9.17) is 0 Å². The minimum absolute atomic E-state index is 0.0845. The first kappa shape index (κ1) is 15.2. The summed E-state index contributed by atoms with van der Waals surface area (Å²) in [4.78, 5) is 24.7. The highest BCUT2D eigenvalue weighted by atomic mass is 19.2. The monoisotopic (exact) mass is 298 g/mol.